The lowest BCUT2D eigenvalue weighted by molar-refractivity contribution is 0.197. The van der Waals surface area contributed by atoms with Crippen LogP contribution in [0.25, 0.3) is 15.6 Å². The maximum atomic E-state index is 12.9. The Morgan fingerprint density at radius 3 is 2.74 bits per heavy atom. The molecule has 0 spiro atoms. The van der Waals surface area contributed by atoms with Crippen LogP contribution in [0.1, 0.15) is 20.8 Å². The topological polar surface area (TPSA) is 40.8 Å². The van der Waals surface area contributed by atoms with Crippen molar-refractivity contribution < 1.29 is 4.79 Å². The summed E-state index contributed by atoms with van der Waals surface area (Å²) in [5, 5.41) is 1.91. The van der Waals surface area contributed by atoms with Gasteiger partial charge in [0.25, 0.3) is 0 Å². The summed E-state index contributed by atoms with van der Waals surface area (Å²) in [6.45, 7) is 14.8. The van der Waals surface area contributed by atoms with E-state index >= 15 is 0 Å². The van der Waals surface area contributed by atoms with Crippen molar-refractivity contribution in [2.75, 3.05) is 18.0 Å². The van der Waals surface area contributed by atoms with Gasteiger partial charge in [0.05, 0.1) is 11.9 Å². The Bertz CT molecular complexity index is 782. The van der Waals surface area contributed by atoms with E-state index in [2.05, 4.69) is 30.6 Å². The number of aromatic nitrogens is 1. The smallest absolute Gasteiger partial charge is 0.314 e. The standard InChI is InChI=1S/C18H20N4O/c1-18(2,3)12-21-11-16(19-4)22(17(21)23)15-10-20-9-13-7-5-6-8-14(13)15/h5-10,16H,11-12H2,1-3H3/t16-/m0/s1. The summed E-state index contributed by atoms with van der Waals surface area (Å²) in [6.07, 6.45) is 2.95. The molecule has 23 heavy (non-hydrogen) atoms. The summed E-state index contributed by atoms with van der Waals surface area (Å²) in [5.41, 5.74) is 0.709. The van der Waals surface area contributed by atoms with Crippen LogP contribution in [-0.2, 0) is 0 Å². The molecule has 2 aromatic rings. The average Bonchev–Trinajstić information content (AvgIpc) is 2.81. The zero-order valence-electron chi connectivity index (χ0n) is 13.7. The second kappa shape index (κ2) is 5.54. The van der Waals surface area contributed by atoms with Crippen LogP contribution in [0, 0.1) is 12.0 Å². The predicted molar refractivity (Wildman–Crippen MR) is 91.0 cm³/mol. The number of carbonyl (C=O) groups excluding carboxylic acids is 1. The fourth-order valence-electron chi connectivity index (χ4n) is 3.00. The van der Waals surface area contributed by atoms with Crippen LogP contribution in [0.4, 0.5) is 10.5 Å². The molecule has 0 N–H and O–H groups in total. The number of amides is 2. The number of carbonyl (C=O) groups is 1. The van der Waals surface area contributed by atoms with Gasteiger partial charge in [0.1, 0.15) is 6.54 Å². The molecule has 1 aromatic carbocycles. The van der Waals surface area contributed by atoms with Crippen molar-refractivity contribution in [3.05, 3.63) is 48.1 Å². The lowest BCUT2D eigenvalue weighted by Gasteiger charge is -2.25. The molecule has 5 heteroatoms. The van der Waals surface area contributed by atoms with Crippen LogP contribution in [0.3, 0.4) is 0 Å². The first-order valence-corrected chi connectivity index (χ1v) is 7.68. The van der Waals surface area contributed by atoms with Gasteiger partial charge in [-0.2, -0.15) is 0 Å². The number of pyridine rings is 1. The van der Waals surface area contributed by atoms with Crippen molar-refractivity contribution in [2.45, 2.75) is 26.9 Å². The molecule has 0 bridgehead atoms. The Balaban J connectivity index is 2.03. The zero-order valence-corrected chi connectivity index (χ0v) is 13.7. The van der Waals surface area contributed by atoms with Crippen LogP contribution >= 0.6 is 0 Å². The summed E-state index contributed by atoms with van der Waals surface area (Å²) in [6, 6.07) is 7.70. The number of rotatable bonds is 2. The van der Waals surface area contributed by atoms with Crippen molar-refractivity contribution in [3.63, 3.8) is 0 Å². The highest BCUT2D eigenvalue weighted by molar-refractivity contribution is 6.04. The van der Waals surface area contributed by atoms with E-state index in [4.69, 9.17) is 6.57 Å². The molecule has 118 valence electrons. The van der Waals surface area contributed by atoms with Crippen molar-refractivity contribution in [1.29, 1.82) is 0 Å². The van der Waals surface area contributed by atoms with Crippen molar-refractivity contribution in [2.24, 2.45) is 5.41 Å². The summed E-state index contributed by atoms with van der Waals surface area (Å²) in [4.78, 5) is 24.2. The third-order valence-electron chi connectivity index (χ3n) is 3.88. The Morgan fingerprint density at radius 1 is 1.30 bits per heavy atom. The number of fused-ring (bicyclic) bond motifs is 1. The lowest BCUT2D eigenvalue weighted by atomic mass is 9.96. The molecule has 2 amide bonds. The fourth-order valence-corrected chi connectivity index (χ4v) is 3.00. The van der Waals surface area contributed by atoms with Gasteiger partial charge in [-0.15, -0.1) is 0 Å². The third-order valence-corrected chi connectivity index (χ3v) is 3.88. The monoisotopic (exact) mass is 308 g/mol. The van der Waals surface area contributed by atoms with E-state index in [1.165, 1.54) is 0 Å². The van der Waals surface area contributed by atoms with Gasteiger partial charge in [-0.3, -0.25) is 9.83 Å². The van der Waals surface area contributed by atoms with Crippen molar-refractivity contribution >= 4 is 22.5 Å². The number of urea groups is 1. The maximum Gasteiger partial charge on any atom is 0.330 e. The quantitative estimate of drug-likeness (QED) is 0.792. The normalized spacial score (nSPS) is 18.5. The van der Waals surface area contributed by atoms with Crippen molar-refractivity contribution in [1.82, 2.24) is 9.88 Å². The van der Waals surface area contributed by atoms with Gasteiger partial charge in [-0.05, 0) is 5.41 Å². The molecule has 1 fully saturated rings. The van der Waals surface area contributed by atoms with Gasteiger partial charge in [0.2, 0.25) is 0 Å². The molecule has 0 unspecified atom stereocenters. The number of anilines is 1. The Kier molecular flexibility index (Phi) is 3.69. The maximum absolute atomic E-state index is 12.9. The number of hydrogen-bond donors (Lipinski definition) is 0. The minimum absolute atomic E-state index is 0.00471. The molecule has 0 radical (unpaired) electrons. The molecule has 0 aliphatic carbocycles. The Morgan fingerprint density at radius 2 is 2.04 bits per heavy atom. The molecule has 1 aromatic heterocycles. The fraction of sp³-hybridized carbons (Fsp3) is 0.389. The molecule has 0 saturated carbocycles. The molecular formula is C18H20N4O. The molecule has 1 aliphatic heterocycles. The lowest BCUT2D eigenvalue weighted by Crippen LogP contribution is -2.37. The Hall–Kier alpha value is -2.61. The third kappa shape index (κ3) is 2.85. The second-order valence-electron chi connectivity index (χ2n) is 7.08. The number of hydrogen-bond acceptors (Lipinski definition) is 2. The van der Waals surface area contributed by atoms with Gasteiger partial charge < -0.3 is 4.90 Å². The summed E-state index contributed by atoms with van der Waals surface area (Å²) >= 11 is 0. The predicted octanol–water partition coefficient (Wildman–Crippen LogP) is 3.77. The molecule has 3 rings (SSSR count). The molecular weight excluding hydrogens is 288 g/mol. The highest BCUT2D eigenvalue weighted by Gasteiger charge is 2.44. The van der Waals surface area contributed by atoms with E-state index in [0.29, 0.717) is 18.8 Å². The molecule has 5 nitrogen and oxygen atoms in total. The number of benzene rings is 1. The average molecular weight is 308 g/mol. The highest BCUT2D eigenvalue weighted by Crippen LogP contribution is 2.32. The minimum atomic E-state index is -0.502. The van der Waals surface area contributed by atoms with Gasteiger partial charge in [-0.1, -0.05) is 45.0 Å². The summed E-state index contributed by atoms with van der Waals surface area (Å²) < 4.78 is 0. The van der Waals surface area contributed by atoms with Gasteiger partial charge >= 0.3 is 12.2 Å². The van der Waals surface area contributed by atoms with Crippen LogP contribution in [-0.4, -0.2) is 35.2 Å². The van der Waals surface area contributed by atoms with E-state index in [-0.39, 0.29) is 11.4 Å². The van der Waals surface area contributed by atoms with Crippen LogP contribution in [0.2, 0.25) is 0 Å². The van der Waals surface area contributed by atoms with Gasteiger partial charge in [-0.25, -0.2) is 16.3 Å². The highest BCUT2D eigenvalue weighted by atomic mass is 16.2. The summed E-state index contributed by atoms with van der Waals surface area (Å²) in [7, 11) is 0. The van der Waals surface area contributed by atoms with Crippen LogP contribution in [0.15, 0.2) is 36.7 Å². The Labute approximate surface area is 136 Å². The first-order valence-electron chi connectivity index (χ1n) is 7.68. The first kappa shape index (κ1) is 15.3. The molecule has 1 saturated heterocycles. The van der Waals surface area contributed by atoms with Crippen LogP contribution in [0.5, 0.6) is 0 Å². The number of nitrogens with zero attached hydrogens (tertiary/aromatic N) is 4. The van der Waals surface area contributed by atoms with E-state index < -0.39 is 6.17 Å². The van der Waals surface area contributed by atoms with E-state index in [9.17, 15) is 4.79 Å². The van der Waals surface area contributed by atoms with E-state index in [0.717, 1.165) is 10.8 Å². The van der Waals surface area contributed by atoms with Gasteiger partial charge in [0.15, 0.2) is 0 Å². The van der Waals surface area contributed by atoms with E-state index in [1.807, 2.05) is 24.3 Å². The summed E-state index contributed by atoms with van der Waals surface area (Å²) in [5.74, 6) is 0. The van der Waals surface area contributed by atoms with Crippen LogP contribution < -0.4 is 4.90 Å². The van der Waals surface area contributed by atoms with Gasteiger partial charge in [0, 0.05) is 23.5 Å². The molecule has 1 aliphatic rings. The first-order chi connectivity index (χ1) is 10.9. The zero-order chi connectivity index (χ0) is 16.6. The van der Waals surface area contributed by atoms with E-state index in [1.54, 1.807) is 22.2 Å². The van der Waals surface area contributed by atoms with Crippen molar-refractivity contribution in [3.8, 4) is 0 Å². The molecule has 2 heterocycles. The molecule has 1 atom stereocenters. The minimum Gasteiger partial charge on any atom is -0.314 e. The largest absolute Gasteiger partial charge is 0.330 e. The SMILES string of the molecule is [C-]#[N+][C@@H]1CN(CC(C)(C)C)C(=O)N1c1cncc2ccccc12. The second-order valence-corrected chi connectivity index (χ2v) is 7.08.